The molecule has 1 heterocycles. The van der Waals surface area contributed by atoms with E-state index in [1.807, 2.05) is 23.1 Å². The first-order valence-electron chi connectivity index (χ1n) is 10.3. The summed E-state index contributed by atoms with van der Waals surface area (Å²) in [4.78, 5) is 27.0. The molecule has 30 heavy (non-hydrogen) atoms. The van der Waals surface area contributed by atoms with E-state index >= 15 is 0 Å². The van der Waals surface area contributed by atoms with Crippen molar-refractivity contribution in [1.82, 2.24) is 9.80 Å². The van der Waals surface area contributed by atoms with Gasteiger partial charge in [-0.2, -0.15) is 0 Å². The van der Waals surface area contributed by atoms with E-state index < -0.39 is 4.92 Å². The van der Waals surface area contributed by atoms with Gasteiger partial charge in [0.25, 0.3) is 5.69 Å². The molecule has 0 bridgehead atoms. The minimum absolute atomic E-state index is 0.0745. The van der Waals surface area contributed by atoms with Gasteiger partial charge in [0, 0.05) is 63.5 Å². The Hall–Kier alpha value is -3.19. The molecule has 0 spiro atoms. The van der Waals surface area contributed by atoms with Crippen LogP contribution in [0.15, 0.2) is 60.7 Å². The van der Waals surface area contributed by atoms with Gasteiger partial charge < -0.3 is 10.2 Å². The minimum atomic E-state index is -0.415. The fraction of sp³-hybridized carbons (Fsp3) is 0.348. The summed E-state index contributed by atoms with van der Waals surface area (Å²) >= 11 is 0. The Morgan fingerprint density at radius 3 is 2.40 bits per heavy atom. The molecule has 1 amide bonds. The van der Waals surface area contributed by atoms with Crippen LogP contribution in [0.2, 0.25) is 0 Å². The average Bonchev–Trinajstić information content (AvgIpc) is 2.78. The lowest BCUT2D eigenvalue weighted by molar-refractivity contribution is -0.384. The second kappa shape index (κ2) is 11.1. The molecule has 158 valence electrons. The SMILES string of the molecule is O=C(CCCNc1ccc([N+](=O)[O-])cc1)N1CCN(C/C=C/c2ccccc2)CC1. The fourth-order valence-electron chi connectivity index (χ4n) is 3.41. The lowest BCUT2D eigenvalue weighted by atomic mass is 10.2. The van der Waals surface area contributed by atoms with Crippen molar-refractivity contribution in [3.63, 3.8) is 0 Å². The average molecular weight is 409 g/mol. The number of hydrogen-bond donors (Lipinski definition) is 1. The van der Waals surface area contributed by atoms with Crippen LogP contribution in [-0.4, -0.2) is 59.9 Å². The third-order valence-electron chi connectivity index (χ3n) is 5.17. The summed E-state index contributed by atoms with van der Waals surface area (Å²) in [6.07, 6.45) is 5.55. The molecule has 7 nitrogen and oxygen atoms in total. The normalized spacial score (nSPS) is 14.7. The first-order valence-corrected chi connectivity index (χ1v) is 10.3. The number of carbonyl (C=O) groups is 1. The summed E-state index contributed by atoms with van der Waals surface area (Å²) < 4.78 is 0. The number of hydrogen-bond acceptors (Lipinski definition) is 5. The van der Waals surface area contributed by atoms with Crippen molar-refractivity contribution in [2.75, 3.05) is 44.6 Å². The number of nitro groups is 1. The Balaban J connectivity index is 1.30. The number of nitrogens with one attached hydrogen (secondary N) is 1. The van der Waals surface area contributed by atoms with Crippen molar-refractivity contribution in [3.8, 4) is 0 Å². The minimum Gasteiger partial charge on any atom is -0.385 e. The second-order valence-corrected chi connectivity index (χ2v) is 7.33. The van der Waals surface area contributed by atoms with Gasteiger partial charge in [-0.25, -0.2) is 0 Å². The smallest absolute Gasteiger partial charge is 0.269 e. The molecule has 0 atom stereocenters. The summed E-state index contributed by atoms with van der Waals surface area (Å²) in [7, 11) is 0. The zero-order valence-electron chi connectivity index (χ0n) is 17.1. The number of carbonyl (C=O) groups excluding carboxylic acids is 1. The number of piperazine rings is 1. The Morgan fingerprint density at radius 1 is 1.03 bits per heavy atom. The molecule has 0 radical (unpaired) electrons. The predicted octanol–water partition coefficient (Wildman–Crippen LogP) is 3.64. The molecule has 1 fully saturated rings. The molecule has 0 saturated carbocycles. The topological polar surface area (TPSA) is 78.7 Å². The van der Waals surface area contributed by atoms with Gasteiger partial charge in [0.1, 0.15) is 0 Å². The quantitative estimate of drug-likeness (QED) is 0.389. The molecule has 1 N–H and O–H groups in total. The van der Waals surface area contributed by atoms with Crippen molar-refractivity contribution in [3.05, 3.63) is 76.4 Å². The maximum absolute atomic E-state index is 12.4. The van der Waals surface area contributed by atoms with Crippen molar-refractivity contribution < 1.29 is 9.72 Å². The van der Waals surface area contributed by atoms with E-state index in [4.69, 9.17) is 0 Å². The first kappa shape index (κ1) is 21.5. The van der Waals surface area contributed by atoms with E-state index in [2.05, 4.69) is 34.5 Å². The van der Waals surface area contributed by atoms with E-state index in [0.29, 0.717) is 13.0 Å². The summed E-state index contributed by atoms with van der Waals surface area (Å²) in [6, 6.07) is 16.6. The molecular formula is C23H28N4O3. The van der Waals surface area contributed by atoms with Crippen molar-refractivity contribution in [1.29, 1.82) is 0 Å². The van der Waals surface area contributed by atoms with E-state index in [9.17, 15) is 14.9 Å². The van der Waals surface area contributed by atoms with Gasteiger partial charge in [-0.15, -0.1) is 0 Å². The van der Waals surface area contributed by atoms with Gasteiger partial charge in [0.05, 0.1) is 4.92 Å². The third-order valence-corrected chi connectivity index (χ3v) is 5.17. The monoisotopic (exact) mass is 408 g/mol. The van der Waals surface area contributed by atoms with Crippen LogP contribution in [0.1, 0.15) is 18.4 Å². The number of nitrogens with zero attached hydrogens (tertiary/aromatic N) is 3. The molecule has 1 saturated heterocycles. The number of benzene rings is 2. The van der Waals surface area contributed by atoms with Crippen LogP contribution in [0.3, 0.4) is 0 Å². The molecule has 0 aliphatic carbocycles. The Bertz CT molecular complexity index is 845. The molecular weight excluding hydrogens is 380 g/mol. The highest BCUT2D eigenvalue weighted by atomic mass is 16.6. The van der Waals surface area contributed by atoms with Crippen LogP contribution in [0.5, 0.6) is 0 Å². The highest BCUT2D eigenvalue weighted by Crippen LogP contribution is 2.15. The predicted molar refractivity (Wildman–Crippen MR) is 119 cm³/mol. The standard InChI is InChI=1S/C23H28N4O3/c28-23(9-4-14-24-21-10-12-22(13-11-21)27(29)30)26-18-16-25(17-19-26)15-5-8-20-6-2-1-3-7-20/h1-3,5-8,10-13,24H,4,9,14-19H2/b8-5+. The molecule has 7 heteroatoms. The number of nitro benzene ring substituents is 1. The van der Waals surface area contributed by atoms with Gasteiger partial charge in [0.2, 0.25) is 5.91 Å². The van der Waals surface area contributed by atoms with E-state index in [-0.39, 0.29) is 11.6 Å². The summed E-state index contributed by atoms with van der Waals surface area (Å²) in [6.45, 7) is 4.89. The van der Waals surface area contributed by atoms with Gasteiger partial charge in [-0.05, 0) is 24.1 Å². The molecule has 0 unspecified atom stereocenters. The van der Waals surface area contributed by atoms with Crippen molar-refractivity contribution in [2.45, 2.75) is 12.8 Å². The lowest BCUT2D eigenvalue weighted by Gasteiger charge is -2.34. The molecule has 0 aromatic heterocycles. The summed E-state index contributed by atoms with van der Waals surface area (Å²) in [5.41, 5.74) is 2.10. The maximum Gasteiger partial charge on any atom is 0.269 e. The van der Waals surface area contributed by atoms with Gasteiger partial charge in [-0.1, -0.05) is 42.5 Å². The molecule has 2 aromatic carbocycles. The van der Waals surface area contributed by atoms with Crippen LogP contribution in [0, 0.1) is 10.1 Å². The number of rotatable bonds is 9. The van der Waals surface area contributed by atoms with Crippen LogP contribution < -0.4 is 5.32 Å². The number of amides is 1. The highest BCUT2D eigenvalue weighted by molar-refractivity contribution is 5.76. The number of non-ortho nitro benzene ring substituents is 1. The molecule has 1 aliphatic heterocycles. The van der Waals surface area contributed by atoms with E-state index in [1.54, 1.807) is 12.1 Å². The molecule has 1 aliphatic rings. The van der Waals surface area contributed by atoms with Crippen LogP contribution in [-0.2, 0) is 4.79 Å². The van der Waals surface area contributed by atoms with Crippen molar-refractivity contribution >= 4 is 23.4 Å². The lowest BCUT2D eigenvalue weighted by Crippen LogP contribution is -2.48. The van der Waals surface area contributed by atoms with Gasteiger partial charge >= 0.3 is 0 Å². The van der Waals surface area contributed by atoms with Crippen LogP contribution >= 0.6 is 0 Å². The second-order valence-electron chi connectivity index (χ2n) is 7.33. The zero-order valence-corrected chi connectivity index (χ0v) is 17.1. The maximum atomic E-state index is 12.4. The van der Waals surface area contributed by atoms with E-state index in [0.717, 1.165) is 44.8 Å². The number of anilines is 1. The zero-order chi connectivity index (χ0) is 21.2. The largest absolute Gasteiger partial charge is 0.385 e. The van der Waals surface area contributed by atoms with Crippen LogP contribution in [0.4, 0.5) is 11.4 Å². The fourth-order valence-corrected chi connectivity index (χ4v) is 3.41. The summed E-state index contributed by atoms with van der Waals surface area (Å²) in [5.74, 6) is 0.194. The van der Waals surface area contributed by atoms with Gasteiger partial charge in [0.15, 0.2) is 0 Å². The Morgan fingerprint density at radius 2 is 1.73 bits per heavy atom. The molecule has 2 aromatic rings. The Labute approximate surface area is 177 Å². The molecule has 3 rings (SSSR count). The Kier molecular flexibility index (Phi) is 7.97. The third kappa shape index (κ3) is 6.70. The summed E-state index contributed by atoms with van der Waals surface area (Å²) in [5, 5.41) is 13.9. The first-order chi connectivity index (χ1) is 14.6. The van der Waals surface area contributed by atoms with Crippen LogP contribution in [0.25, 0.3) is 6.08 Å². The highest BCUT2D eigenvalue weighted by Gasteiger charge is 2.19. The van der Waals surface area contributed by atoms with Crippen molar-refractivity contribution in [2.24, 2.45) is 0 Å². The van der Waals surface area contributed by atoms with Gasteiger partial charge in [-0.3, -0.25) is 19.8 Å². The van der Waals surface area contributed by atoms with E-state index in [1.165, 1.54) is 17.7 Å².